The summed E-state index contributed by atoms with van der Waals surface area (Å²) in [5.74, 6) is -1.83. The highest BCUT2D eigenvalue weighted by atomic mass is 19.1. The first-order valence-corrected chi connectivity index (χ1v) is 5.24. The molecule has 2 N–H and O–H groups in total. The normalized spacial score (nSPS) is 10.0. The lowest BCUT2D eigenvalue weighted by atomic mass is 10.1. The van der Waals surface area contributed by atoms with Gasteiger partial charge in [-0.25, -0.2) is 4.39 Å². The van der Waals surface area contributed by atoms with Crippen molar-refractivity contribution in [3.63, 3.8) is 0 Å². The average Bonchev–Trinajstić information content (AvgIpc) is 2.32. The van der Waals surface area contributed by atoms with Crippen LogP contribution in [0.4, 0.5) is 10.1 Å². The maximum absolute atomic E-state index is 13.8. The smallest absolute Gasteiger partial charge is 0.325 e. The van der Waals surface area contributed by atoms with Crippen molar-refractivity contribution in [2.45, 2.75) is 6.92 Å². The van der Waals surface area contributed by atoms with Crippen molar-refractivity contribution < 1.29 is 18.7 Å². The molecule has 0 saturated heterocycles. The molecular weight excluding hydrogens is 239 g/mol. The van der Waals surface area contributed by atoms with Crippen LogP contribution in [0.2, 0.25) is 0 Å². The van der Waals surface area contributed by atoms with E-state index in [2.05, 4.69) is 4.74 Å². The minimum atomic E-state index is -0.633. The molecule has 0 spiro atoms. The van der Waals surface area contributed by atoms with E-state index in [1.54, 1.807) is 0 Å². The van der Waals surface area contributed by atoms with Crippen LogP contribution in [-0.2, 0) is 9.53 Å². The zero-order valence-electron chi connectivity index (χ0n) is 10.5. The predicted molar refractivity (Wildman–Crippen MR) is 64.5 cm³/mol. The summed E-state index contributed by atoms with van der Waals surface area (Å²) in [6, 6.07) is 2.69. The maximum atomic E-state index is 13.8. The summed E-state index contributed by atoms with van der Waals surface area (Å²) in [6.07, 6.45) is 0. The van der Waals surface area contributed by atoms with E-state index < -0.39 is 17.7 Å². The van der Waals surface area contributed by atoms with Gasteiger partial charge in [-0.3, -0.25) is 9.59 Å². The van der Waals surface area contributed by atoms with Gasteiger partial charge >= 0.3 is 5.97 Å². The van der Waals surface area contributed by atoms with Crippen LogP contribution in [0.25, 0.3) is 0 Å². The van der Waals surface area contributed by atoms with Crippen molar-refractivity contribution in [1.29, 1.82) is 0 Å². The van der Waals surface area contributed by atoms with Crippen LogP contribution in [0.3, 0.4) is 0 Å². The molecule has 1 amide bonds. The van der Waals surface area contributed by atoms with Gasteiger partial charge in [0.1, 0.15) is 12.4 Å². The third-order valence-corrected chi connectivity index (χ3v) is 2.45. The number of ether oxygens (including phenoxy) is 1. The third kappa shape index (κ3) is 2.97. The number of hydrogen-bond acceptors (Lipinski definition) is 4. The molecule has 0 aliphatic carbocycles. The fourth-order valence-electron chi connectivity index (χ4n) is 1.49. The molecule has 0 aromatic heterocycles. The molecule has 5 nitrogen and oxygen atoms in total. The molecule has 98 valence electrons. The number of anilines is 1. The minimum absolute atomic E-state index is 0.154. The SMILES string of the molecule is COC(=O)CN(C)C(=O)c1cc(N)cc(C)c1F. The Morgan fingerprint density at radius 3 is 2.61 bits per heavy atom. The van der Waals surface area contributed by atoms with Crippen molar-refractivity contribution in [2.75, 3.05) is 26.4 Å². The molecular formula is C12H15FN2O3. The second kappa shape index (κ2) is 5.48. The molecule has 0 saturated carbocycles. The van der Waals surface area contributed by atoms with Crippen LogP contribution in [0.15, 0.2) is 12.1 Å². The quantitative estimate of drug-likeness (QED) is 0.644. The summed E-state index contributed by atoms with van der Waals surface area (Å²) in [6.45, 7) is 1.27. The Labute approximate surface area is 104 Å². The fraction of sp³-hybridized carbons (Fsp3) is 0.333. The first-order valence-electron chi connectivity index (χ1n) is 5.24. The van der Waals surface area contributed by atoms with Crippen LogP contribution < -0.4 is 5.73 Å². The lowest BCUT2D eigenvalue weighted by Crippen LogP contribution is -2.33. The third-order valence-electron chi connectivity index (χ3n) is 2.45. The molecule has 1 aromatic carbocycles. The molecule has 0 radical (unpaired) electrons. The molecule has 0 fully saturated rings. The molecule has 0 atom stereocenters. The van der Waals surface area contributed by atoms with Gasteiger partial charge in [0.05, 0.1) is 12.7 Å². The predicted octanol–water partition coefficient (Wildman–Crippen LogP) is 0.961. The molecule has 0 aliphatic heterocycles. The number of carbonyl (C=O) groups is 2. The van der Waals surface area contributed by atoms with Crippen molar-refractivity contribution in [3.05, 3.63) is 29.1 Å². The number of esters is 1. The second-order valence-corrected chi connectivity index (χ2v) is 3.94. The van der Waals surface area contributed by atoms with Gasteiger partial charge in [-0.05, 0) is 24.6 Å². The van der Waals surface area contributed by atoms with E-state index in [0.717, 1.165) is 4.90 Å². The van der Waals surface area contributed by atoms with Gasteiger partial charge in [0.2, 0.25) is 0 Å². The lowest BCUT2D eigenvalue weighted by molar-refractivity contribution is -0.141. The second-order valence-electron chi connectivity index (χ2n) is 3.94. The van der Waals surface area contributed by atoms with E-state index in [0.29, 0.717) is 5.69 Å². The van der Waals surface area contributed by atoms with E-state index in [9.17, 15) is 14.0 Å². The summed E-state index contributed by atoms with van der Waals surface area (Å²) in [4.78, 5) is 24.1. The number of aryl methyl sites for hydroxylation is 1. The van der Waals surface area contributed by atoms with Crippen molar-refractivity contribution in [2.24, 2.45) is 0 Å². The summed E-state index contributed by atoms with van der Waals surface area (Å²) in [7, 11) is 2.60. The van der Waals surface area contributed by atoms with Gasteiger partial charge in [0, 0.05) is 12.7 Å². The fourth-order valence-corrected chi connectivity index (χ4v) is 1.49. The van der Waals surface area contributed by atoms with Gasteiger partial charge in [0.15, 0.2) is 0 Å². The average molecular weight is 254 g/mol. The van der Waals surface area contributed by atoms with E-state index >= 15 is 0 Å². The Hall–Kier alpha value is -2.11. The summed E-state index contributed by atoms with van der Waals surface area (Å²) < 4.78 is 18.2. The first kappa shape index (κ1) is 14.0. The molecule has 6 heteroatoms. The van der Waals surface area contributed by atoms with Crippen molar-refractivity contribution in [1.82, 2.24) is 4.90 Å². The number of carbonyl (C=O) groups excluding carboxylic acids is 2. The Bertz CT molecular complexity index is 488. The molecule has 0 aliphatic rings. The molecule has 0 heterocycles. The lowest BCUT2D eigenvalue weighted by Gasteiger charge is -2.16. The van der Waals surface area contributed by atoms with Gasteiger partial charge in [-0.2, -0.15) is 0 Å². The zero-order valence-corrected chi connectivity index (χ0v) is 10.5. The van der Waals surface area contributed by atoms with E-state index in [1.165, 1.54) is 33.2 Å². The Morgan fingerprint density at radius 2 is 2.06 bits per heavy atom. The zero-order chi connectivity index (χ0) is 13.9. The molecule has 1 rings (SSSR count). The molecule has 1 aromatic rings. The number of methoxy groups -OCH3 is 1. The van der Waals surface area contributed by atoms with E-state index in [4.69, 9.17) is 5.73 Å². The number of nitrogens with zero attached hydrogens (tertiary/aromatic N) is 1. The number of nitrogens with two attached hydrogens (primary N) is 1. The Morgan fingerprint density at radius 1 is 1.44 bits per heavy atom. The molecule has 0 unspecified atom stereocenters. The summed E-state index contributed by atoms with van der Waals surface area (Å²) >= 11 is 0. The largest absolute Gasteiger partial charge is 0.468 e. The number of likely N-dealkylation sites (N-methyl/N-ethyl adjacent to an activating group) is 1. The highest BCUT2D eigenvalue weighted by Gasteiger charge is 2.20. The number of rotatable bonds is 3. The van der Waals surface area contributed by atoms with E-state index in [1.807, 2.05) is 0 Å². The highest BCUT2D eigenvalue weighted by Crippen LogP contribution is 2.18. The van der Waals surface area contributed by atoms with Gasteiger partial charge in [0.25, 0.3) is 5.91 Å². The summed E-state index contributed by atoms with van der Waals surface area (Å²) in [5.41, 5.74) is 5.99. The van der Waals surface area contributed by atoms with E-state index in [-0.39, 0.29) is 17.7 Å². The summed E-state index contributed by atoms with van der Waals surface area (Å²) in [5, 5.41) is 0. The van der Waals surface area contributed by atoms with Crippen LogP contribution in [0, 0.1) is 12.7 Å². The number of halogens is 1. The topological polar surface area (TPSA) is 72.6 Å². The van der Waals surface area contributed by atoms with Crippen LogP contribution >= 0.6 is 0 Å². The van der Waals surface area contributed by atoms with Crippen LogP contribution in [0.1, 0.15) is 15.9 Å². The highest BCUT2D eigenvalue weighted by molar-refractivity contribution is 5.97. The number of benzene rings is 1. The van der Waals surface area contributed by atoms with Crippen molar-refractivity contribution in [3.8, 4) is 0 Å². The number of nitrogen functional groups attached to an aromatic ring is 1. The molecule has 0 bridgehead atoms. The Kier molecular flexibility index (Phi) is 4.25. The molecule has 18 heavy (non-hydrogen) atoms. The minimum Gasteiger partial charge on any atom is -0.468 e. The maximum Gasteiger partial charge on any atom is 0.325 e. The van der Waals surface area contributed by atoms with Crippen LogP contribution in [0.5, 0.6) is 0 Å². The first-order chi connectivity index (χ1) is 8.36. The van der Waals surface area contributed by atoms with Gasteiger partial charge in [-0.1, -0.05) is 0 Å². The van der Waals surface area contributed by atoms with Crippen LogP contribution in [-0.4, -0.2) is 37.5 Å². The number of hydrogen-bond donors (Lipinski definition) is 1. The van der Waals surface area contributed by atoms with Gasteiger partial charge < -0.3 is 15.4 Å². The monoisotopic (exact) mass is 254 g/mol. The standard InChI is InChI=1S/C12H15FN2O3/c1-7-4-8(14)5-9(11(7)13)12(17)15(2)6-10(16)18-3/h4-5H,6,14H2,1-3H3. The van der Waals surface area contributed by atoms with Gasteiger partial charge in [-0.15, -0.1) is 0 Å². The van der Waals surface area contributed by atoms with Crippen molar-refractivity contribution >= 4 is 17.6 Å². The number of amides is 1. The Balaban J connectivity index is 3.00.